The summed E-state index contributed by atoms with van der Waals surface area (Å²) in [5.41, 5.74) is 7.59. The van der Waals surface area contributed by atoms with Crippen molar-refractivity contribution in [3.63, 3.8) is 0 Å². The SMILES string of the molecule is CC(C(=O)N1CCOCC1)N(C)Cc1ccc(N)cc1. The van der Waals surface area contributed by atoms with Gasteiger partial charge in [-0.15, -0.1) is 0 Å². The molecule has 1 fully saturated rings. The van der Waals surface area contributed by atoms with Gasteiger partial charge in [0.2, 0.25) is 5.91 Å². The van der Waals surface area contributed by atoms with Crippen LogP contribution in [0.4, 0.5) is 5.69 Å². The quantitative estimate of drug-likeness (QED) is 0.832. The topological polar surface area (TPSA) is 58.8 Å². The molecule has 1 atom stereocenters. The maximum atomic E-state index is 12.4. The van der Waals surface area contributed by atoms with E-state index in [9.17, 15) is 4.79 Å². The fourth-order valence-corrected chi connectivity index (χ4v) is 2.28. The zero-order chi connectivity index (χ0) is 14.5. The van der Waals surface area contributed by atoms with Crippen LogP contribution in [-0.2, 0) is 16.1 Å². The van der Waals surface area contributed by atoms with E-state index in [4.69, 9.17) is 10.5 Å². The minimum absolute atomic E-state index is 0.134. The van der Waals surface area contributed by atoms with E-state index in [-0.39, 0.29) is 11.9 Å². The van der Waals surface area contributed by atoms with Crippen molar-refractivity contribution in [1.82, 2.24) is 9.80 Å². The molecule has 5 nitrogen and oxygen atoms in total. The Morgan fingerprint density at radius 3 is 2.55 bits per heavy atom. The fourth-order valence-electron chi connectivity index (χ4n) is 2.28. The smallest absolute Gasteiger partial charge is 0.239 e. The van der Waals surface area contributed by atoms with Crippen LogP contribution in [0.3, 0.4) is 0 Å². The lowest BCUT2D eigenvalue weighted by molar-refractivity contribution is -0.140. The lowest BCUT2D eigenvalue weighted by Crippen LogP contribution is -2.49. The summed E-state index contributed by atoms with van der Waals surface area (Å²) in [5.74, 6) is 0.172. The molecule has 1 heterocycles. The van der Waals surface area contributed by atoms with Gasteiger partial charge in [0.1, 0.15) is 0 Å². The molecule has 0 spiro atoms. The third-order valence-electron chi connectivity index (χ3n) is 3.75. The zero-order valence-corrected chi connectivity index (χ0v) is 12.2. The Hall–Kier alpha value is -1.59. The molecule has 2 N–H and O–H groups in total. The van der Waals surface area contributed by atoms with Crippen molar-refractivity contribution >= 4 is 11.6 Å². The van der Waals surface area contributed by atoms with Crippen LogP contribution in [0.5, 0.6) is 0 Å². The molecule has 1 aromatic carbocycles. The van der Waals surface area contributed by atoms with Crippen molar-refractivity contribution in [3.8, 4) is 0 Å². The molecule has 1 aliphatic rings. The van der Waals surface area contributed by atoms with E-state index >= 15 is 0 Å². The number of morpholine rings is 1. The molecule has 0 bridgehead atoms. The third-order valence-corrected chi connectivity index (χ3v) is 3.75. The Morgan fingerprint density at radius 1 is 1.35 bits per heavy atom. The van der Waals surface area contributed by atoms with Gasteiger partial charge < -0.3 is 15.4 Å². The Bertz CT molecular complexity index is 441. The molecule has 1 aromatic rings. The monoisotopic (exact) mass is 277 g/mol. The van der Waals surface area contributed by atoms with E-state index in [2.05, 4.69) is 4.90 Å². The van der Waals surface area contributed by atoms with Gasteiger partial charge in [0.15, 0.2) is 0 Å². The van der Waals surface area contributed by atoms with E-state index in [1.54, 1.807) is 0 Å². The van der Waals surface area contributed by atoms with E-state index < -0.39 is 0 Å². The van der Waals surface area contributed by atoms with Crippen molar-refractivity contribution in [2.24, 2.45) is 0 Å². The number of ether oxygens (including phenoxy) is 1. The van der Waals surface area contributed by atoms with Crippen LogP contribution < -0.4 is 5.73 Å². The van der Waals surface area contributed by atoms with Gasteiger partial charge in [-0.2, -0.15) is 0 Å². The summed E-state index contributed by atoms with van der Waals surface area (Å²) >= 11 is 0. The number of hydrogen-bond donors (Lipinski definition) is 1. The van der Waals surface area contributed by atoms with Crippen molar-refractivity contribution in [3.05, 3.63) is 29.8 Å². The second kappa shape index (κ2) is 6.72. The average Bonchev–Trinajstić information content (AvgIpc) is 2.49. The molecule has 1 amide bonds. The predicted molar refractivity (Wildman–Crippen MR) is 79.2 cm³/mol. The number of carbonyl (C=O) groups is 1. The zero-order valence-electron chi connectivity index (χ0n) is 12.2. The molecule has 110 valence electrons. The van der Waals surface area contributed by atoms with Gasteiger partial charge in [0.05, 0.1) is 19.3 Å². The number of hydrogen-bond acceptors (Lipinski definition) is 4. The van der Waals surface area contributed by atoms with Crippen molar-refractivity contribution in [2.75, 3.05) is 39.1 Å². The van der Waals surface area contributed by atoms with Gasteiger partial charge in [-0.1, -0.05) is 12.1 Å². The Balaban J connectivity index is 1.91. The van der Waals surface area contributed by atoms with Gasteiger partial charge in [-0.05, 0) is 31.7 Å². The summed E-state index contributed by atoms with van der Waals surface area (Å²) in [6.45, 7) is 5.35. The predicted octanol–water partition coefficient (Wildman–Crippen LogP) is 0.948. The van der Waals surface area contributed by atoms with Crippen LogP contribution in [0.1, 0.15) is 12.5 Å². The molecule has 0 aliphatic carbocycles. The fraction of sp³-hybridized carbons (Fsp3) is 0.533. The highest BCUT2D eigenvalue weighted by molar-refractivity contribution is 5.81. The maximum absolute atomic E-state index is 12.4. The van der Waals surface area contributed by atoms with Crippen LogP contribution in [0.15, 0.2) is 24.3 Å². The molecular weight excluding hydrogens is 254 g/mol. The largest absolute Gasteiger partial charge is 0.399 e. The summed E-state index contributed by atoms with van der Waals surface area (Å²) in [6.07, 6.45) is 0. The molecule has 2 rings (SSSR count). The Labute approximate surface area is 120 Å². The average molecular weight is 277 g/mol. The summed E-state index contributed by atoms with van der Waals surface area (Å²) in [7, 11) is 1.97. The van der Waals surface area contributed by atoms with E-state index in [0.29, 0.717) is 26.3 Å². The lowest BCUT2D eigenvalue weighted by atomic mass is 10.1. The third kappa shape index (κ3) is 3.71. The van der Waals surface area contributed by atoms with Crippen LogP contribution in [0, 0.1) is 0 Å². The second-order valence-electron chi connectivity index (χ2n) is 5.27. The minimum Gasteiger partial charge on any atom is -0.399 e. The molecule has 0 saturated carbocycles. The standard InChI is InChI=1S/C15H23N3O2/c1-12(15(19)18-7-9-20-10-8-18)17(2)11-13-3-5-14(16)6-4-13/h3-6,12H,7-11,16H2,1-2H3. The van der Waals surface area contributed by atoms with Gasteiger partial charge in [0, 0.05) is 25.3 Å². The summed E-state index contributed by atoms with van der Waals surface area (Å²) in [4.78, 5) is 16.3. The molecule has 5 heteroatoms. The number of amides is 1. The van der Waals surface area contributed by atoms with Crippen molar-refractivity contribution in [1.29, 1.82) is 0 Å². The number of rotatable bonds is 4. The van der Waals surface area contributed by atoms with E-state index in [1.807, 2.05) is 43.1 Å². The minimum atomic E-state index is -0.134. The Morgan fingerprint density at radius 2 is 1.95 bits per heavy atom. The highest BCUT2D eigenvalue weighted by atomic mass is 16.5. The number of nitrogens with two attached hydrogens (primary N) is 1. The van der Waals surface area contributed by atoms with Crippen molar-refractivity contribution < 1.29 is 9.53 Å². The first-order chi connectivity index (χ1) is 9.58. The molecule has 0 aromatic heterocycles. The number of anilines is 1. The molecule has 1 saturated heterocycles. The summed E-state index contributed by atoms with van der Waals surface area (Å²) in [5, 5.41) is 0. The Kier molecular flexibility index (Phi) is 4.98. The van der Waals surface area contributed by atoms with Crippen LogP contribution in [0.2, 0.25) is 0 Å². The van der Waals surface area contributed by atoms with Crippen LogP contribution in [-0.4, -0.2) is 55.1 Å². The van der Waals surface area contributed by atoms with Crippen molar-refractivity contribution in [2.45, 2.75) is 19.5 Å². The first kappa shape index (κ1) is 14.8. The number of nitrogens with zero attached hydrogens (tertiary/aromatic N) is 2. The van der Waals surface area contributed by atoms with Crippen LogP contribution in [0.25, 0.3) is 0 Å². The number of likely N-dealkylation sites (N-methyl/N-ethyl adjacent to an activating group) is 1. The van der Waals surface area contributed by atoms with Gasteiger partial charge in [0.25, 0.3) is 0 Å². The molecular formula is C15H23N3O2. The number of benzene rings is 1. The lowest BCUT2D eigenvalue weighted by Gasteiger charge is -2.32. The molecule has 1 unspecified atom stereocenters. The highest BCUT2D eigenvalue weighted by Gasteiger charge is 2.25. The summed E-state index contributed by atoms with van der Waals surface area (Å²) in [6, 6.07) is 7.63. The number of carbonyl (C=O) groups excluding carboxylic acids is 1. The number of nitrogen functional groups attached to an aromatic ring is 1. The normalized spacial score (nSPS) is 17.2. The first-order valence-electron chi connectivity index (χ1n) is 6.99. The molecule has 1 aliphatic heterocycles. The second-order valence-corrected chi connectivity index (χ2v) is 5.27. The van der Waals surface area contributed by atoms with Crippen LogP contribution >= 0.6 is 0 Å². The van der Waals surface area contributed by atoms with Gasteiger partial charge in [-0.25, -0.2) is 0 Å². The van der Waals surface area contributed by atoms with E-state index in [0.717, 1.165) is 17.8 Å². The molecule has 20 heavy (non-hydrogen) atoms. The van der Waals surface area contributed by atoms with Gasteiger partial charge in [-0.3, -0.25) is 9.69 Å². The summed E-state index contributed by atoms with van der Waals surface area (Å²) < 4.78 is 5.28. The van der Waals surface area contributed by atoms with Gasteiger partial charge >= 0.3 is 0 Å². The first-order valence-corrected chi connectivity index (χ1v) is 6.99. The van der Waals surface area contributed by atoms with E-state index in [1.165, 1.54) is 0 Å². The highest BCUT2D eigenvalue weighted by Crippen LogP contribution is 2.11. The maximum Gasteiger partial charge on any atom is 0.239 e. The molecule has 0 radical (unpaired) electrons.